The zero-order chi connectivity index (χ0) is 15.4. The number of carbonyl (C=O) groups excluding carboxylic acids is 1. The molecule has 1 aromatic heterocycles. The Morgan fingerprint density at radius 2 is 2.05 bits per heavy atom. The number of nitrogens with zero attached hydrogens (tertiary/aromatic N) is 3. The standard InChI is InChI=1S/C16H27N3OS/c1-11(2)8-14-17-18-16(21-14)13-6-5-7-19(10-13)15(20)9-12(3)4/h11-13H,5-10H2,1-4H3. The van der Waals surface area contributed by atoms with E-state index in [2.05, 4.69) is 37.9 Å². The van der Waals surface area contributed by atoms with Gasteiger partial charge in [0.05, 0.1) is 0 Å². The summed E-state index contributed by atoms with van der Waals surface area (Å²) >= 11 is 1.74. The number of carbonyl (C=O) groups is 1. The maximum absolute atomic E-state index is 12.2. The monoisotopic (exact) mass is 309 g/mol. The predicted octanol–water partition coefficient (Wildman–Crippen LogP) is 3.49. The molecule has 1 aliphatic rings. The molecule has 1 aliphatic heterocycles. The number of rotatable bonds is 5. The third-order valence-electron chi connectivity index (χ3n) is 3.77. The molecular formula is C16H27N3OS. The number of amides is 1. The summed E-state index contributed by atoms with van der Waals surface area (Å²) in [6, 6.07) is 0. The van der Waals surface area contributed by atoms with E-state index < -0.39 is 0 Å². The maximum Gasteiger partial charge on any atom is 0.222 e. The molecular weight excluding hydrogens is 282 g/mol. The number of hydrogen-bond donors (Lipinski definition) is 0. The van der Waals surface area contributed by atoms with Crippen molar-refractivity contribution in [1.82, 2.24) is 15.1 Å². The van der Waals surface area contributed by atoms with Crippen molar-refractivity contribution in [2.24, 2.45) is 11.8 Å². The van der Waals surface area contributed by atoms with Crippen LogP contribution in [0.4, 0.5) is 0 Å². The Bertz CT molecular complexity index is 470. The average Bonchev–Trinajstić information content (AvgIpc) is 2.86. The van der Waals surface area contributed by atoms with Crippen molar-refractivity contribution in [3.8, 4) is 0 Å². The van der Waals surface area contributed by atoms with Gasteiger partial charge < -0.3 is 4.90 Å². The summed E-state index contributed by atoms with van der Waals surface area (Å²) in [7, 11) is 0. The number of aromatic nitrogens is 2. The van der Waals surface area contributed by atoms with Gasteiger partial charge in [-0.25, -0.2) is 0 Å². The zero-order valence-electron chi connectivity index (χ0n) is 13.6. The quantitative estimate of drug-likeness (QED) is 0.836. The fourth-order valence-corrected chi connectivity index (χ4v) is 3.93. The molecule has 0 radical (unpaired) electrons. The molecule has 21 heavy (non-hydrogen) atoms. The predicted molar refractivity (Wildman–Crippen MR) is 86.5 cm³/mol. The van der Waals surface area contributed by atoms with Gasteiger partial charge in [0, 0.05) is 31.8 Å². The molecule has 0 N–H and O–H groups in total. The van der Waals surface area contributed by atoms with Crippen LogP contribution in [0.3, 0.4) is 0 Å². The Labute approximate surface area is 132 Å². The second-order valence-electron chi connectivity index (χ2n) is 6.91. The highest BCUT2D eigenvalue weighted by atomic mass is 32.1. The van der Waals surface area contributed by atoms with Gasteiger partial charge in [-0.05, 0) is 24.7 Å². The molecule has 2 rings (SSSR count). The van der Waals surface area contributed by atoms with Gasteiger partial charge in [0.15, 0.2) is 0 Å². The Balaban J connectivity index is 1.97. The lowest BCUT2D eigenvalue weighted by Crippen LogP contribution is -2.39. The van der Waals surface area contributed by atoms with Gasteiger partial charge in [-0.1, -0.05) is 27.7 Å². The maximum atomic E-state index is 12.2. The second kappa shape index (κ2) is 7.34. The van der Waals surface area contributed by atoms with Gasteiger partial charge in [0.1, 0.15) is 10.0 Å². The average molecular weight is 309 g/mol. The first-order valence-electron chi connectivity index (χ1n) is 8.05. The summed E-state index contributed by atoms with van der Waals surface area (Å²) < 4.78 is 0. The van der Waals surface area contributed by atoms with E-state index in [1.165, 1.54) is 0 Å². The fourth-order valence-electron chi connectivity index (χ4n) is 2.75. The molecule has 0 aliphatic carbocycles. The van der Waals surface area contributed by atoms with Crippen molar-refractivity contribution < 1.29 is 4.79 Å². The van der Waals surface area contributed by atoms with Gasteiger partial charge in [0.2, 0.25) is 5.91 Å². The zero-order valence-corrected chi connectivity index (χ0v) is 14.4. The number of piperidine rings is 1. The molecule has 118 valence electrons. The van der Waals surface area contributed by atoms with Crippen LogP contribution in [0, 0.1) is 11.8 Å². The van der Waals surface area contributed by atoms with Gasteiger partial charge in [0.25, 0.3) is 0 Å². The van der Waals surface area contributed by atoms with Crippen molar-refractivity contribution in [3.05, 3.63) is 10.0 Å². The van der Waals surface area contributed by atoms with E-state index in [-0.39, 0.29) is 0 Å². The molecule has 1 saturated heterocycles. The number of likely N-dealkylation sites (tertiary alicyclic amines) is 1. The van der Waals surface area contributed by atoms with E-state index in [0.717, 1.165) is 42.4 Å². The molecule has 0 aromatic carbocycles. The Morgan fingerprint density at radius 1 is 1.29 bits per heavy atom. The van der Waals surface area contributed by atoms with E-state index in [1.54, 1.807) is 11.3 Å². The minimum atomic E-state index is 0.293. The van der Waals surface area contributed by atoms with Gasteiger partial charge in [-0.3, -0.25) is 4.79 Å². The van der Waals surface area contributed by atoms with E-state index in [4.69, 9.17) is 0 Å². The molecule has 1 fully saturated rings. The van der Waals surface area contributed by atoms with Crippen molar-refractivity contribution in [2.45, 2.75) is 59.3 Å². The van der Waals surface area contributed by atoms with Crippen LogP contribution in [0.25, 0.3) is 0 Å². The summed E-state index contributed by atoms with van der Waals surface area (Å²) in [5.74, 6) is 1.72. The smallest absolute Gasteiger partial charge is 0.222 e. The van der Waals surface area contributed by atoms with Gasteiger partial charge in [-0.15, -0.1) is 21.5 Å². The highest BCUT2D eigenvalue weighted by Gasteiger charge is 2.27. The van der Waals surface area contributed by atoms with Crippen LogP contribution in [-0.2, 0) is 11.2 Å². The third-order valence-corrected chi connectivity index (χ3v) is 4.88. The van der Waals surface area contributed by atoms with Gasteiger partial charge in [-0.2, -0.15) is 0 Å². The molecule has 1 amide bonds. The first-order valence-corrected chi connectivity index (χ1v) is 8.87. The van der Waals surface area contributed by atoms with Crippen LogP contribution in [0.2, 0.25) is 0 Å². The second-order valence-corrected chi connectivity index (χ2v) is 8.00. The van der Waals surface area contributed by atoms with Gasteiger partial charge >= 0.3 is 0 Å². The van der Waals surface area contributed by atoms with Crippen LogP contribution in [-0.4, -0.2) is 34.1 Å². The number of hydrogen-bond acceptors (Lipinski definition) is 4. The summed E-state index contributed by atoms with van der Waals surface area (Å²) in [6.45, 7) is 10.3. The summed E-state index contributed by atoms with van der Waals surface area (Å²) in [5.41, 5.74) is 0. The van der Waals surface area contributed by atoms with Crippen LogP contribution in [0.5, 0.6) is 0 Å². The van der Waals surface area contributed by atoms with Crippen molar-refractivity contribution in [3.63, 3.8) is 0 Å². The third kappa shape index (κ3) is 4.77. The molecule has 1 unspecified atom stereocenters. The summed E-state index contributed by atoms with van der Waals surface area (Å²) in [5, 5.41) is 10.9. The molecule has 5 heteroatoms. The molecule has 0 bridgehead atoms. The lowest BCUT2D eigenvalue weighted by atomic mass is 9.98. The van der Waals surface area contributed by atoms with E-state index >= 15 is 0 Å². The van der Waals surface area contributed by atoms with Crippen LogP contribution >= 0.6 is 11.3 Å². The van der Waals surface area contributed by atoms with Crippen molar-refractivity contribution >= 4 is 17.2 Å². The molecule has 4 nitrogen and oxygen atoms in total. The largest absolute Gasteiger partial charge is 0.342 e. The lowest BCUT2D eigenvalue weighted by Gasteiger charge is -2.32. The lowest BCUT2D eigenvalue weighted by molar-refractivity contribution is -0.133. The van der Waals surface area contributed by atoms with Crippen molar-refractivity contribution in [2.75, 3.05) is 13.1 Å². The van der Waals surface area contributed by atoms with E-state index in [0.29, 0.717) is 30.1 Å². The summed E-state index contributed by atoms with van der Waals surface area (Å²) in [4.78, 5) is 14.3. The van der Waals surface area contributed by atoms with Crippen LogP contribution in [0.1, 0.15) is 62.9 Å². The first-order chi connectivity index (χ1) is 9.95. The Hall–Kier alpha value is -0.970. The summed E-state index contributed by atoms with van der Waals surface area (Å²) in [6.07, 6.45) is 3.86. The van der Waals surface area contributed by atoms with E-state index in [1.807, 2.05) is 4.90 Å². The minimum absolute atomic E-state index is 0.293. The minimum Gasteiger partial charge on any atom is -0.342 e. The molecule has 2 heterocycles. The normalized spacial score (nSPS) is 19.5. The van der Waals surface area contributed by atoms with Crippen LogP contribution in [0.15, 0.2) is 0 Å². The van der Waals surface area contributed by atoms with Crippen molar-refractivity contribution in [1.29, 1.82) is 0 Å². The topological polar surface area (TPSA) is 46.1 Å². The molecule has 0 saturated carbocycles. The molecule has 0 spiro atoms. The Morgan fingerprint density at radius 3 is 2.71 bits per heavy atom. The fraction of sp³-hybridized carbons (Fsp3) is 0.812. The SMILES string of the molecule is CC(C)CC(=O)N1CCCC(c2nnc(CC(C)C)s2)C1. The highest BCUT2D eigenvalue weighted by Crippen LogP contribution is 2.30. The highest BCUT2D eigenvalue weighted by molar-refractivity contribution is 7.11. The first kappa shape index (κ1) is 16.4. The van der Waals surface area contributed by atoms with Crippen LogP contribution < -0.4 is 0 Å². The molecule has 1 atom stereocenters. The van der Waals surface area contributed by atoms with E-state index in [9.17, 15) is 4.79 Å². The molecule has 1 aromatic rings. The Kier molecular flexibility index (Phi) is 5.73.